The Morgan fingerprint density at radius 1 is 0.479 bits per heavy atom. The molecule has 0 bridgehead atoms. The Bertz CT molecular complexity index is 850. The highest BCUT2D eigenvalue weighted by Crippen LogP contribution is 2.19. The van der Waals surface area contributed by atoms with Gasteiger partial charge in [0.1, 0.15) is 6.10 Å². The number of carboxylic acids is 1. The topological polar surface area (TPSA) is 63.6 Å². The van der Waals surface area contributed by atoms with Crippen LogP contribution in [0.1, 0.15) is 200 Å². The maximum atomic E-state index is 12.7. The molecule has 0 aromatic heterocycles. The van der Waals surface area contributed by atoms with Crippen LogP contribution >= 0.6 is 0 Å². The van der Waals surface area contributed by atoms with Crippen molar-refractivity contribution in [2.45, 2.75) is 206 Å². The van der Waals surface area contributed by atoms with E-state index in [2.05, 4.69) is 74.6 Å². The minimum absolute atomic E-state index is 0.000669. The van der Waals surface area contributed by atoms with Gasteiger partial charge in [-0.1, -0.05) is 164 Å². The SMILES string of the molecule is CC/C=C\C/C=C\C/C=C\C/C=C\C/C=C\CCCCCC(=O)OC(CCCCCCCCC)CCCCCCCCCCCC(=O)O. The molecule has 0 heterocycles. The third kappa shape index (κ3) is 38.1. The zero-order chi connectivity index (χ0) is 35.0. The summed E-state index contributed by atoms with van der Waals surface area (Å²) in [6, 6.07) is 0. The van der Waals surface area contributed by atoms with E-state index in [4.69, 9.17) is 9.84 Å². The van der Waals surface area contributed by atoms with E-state index in [1.165, 1.54) is 77.0 Å². The number of ether oxygens (including phenoxy) is 1. The molecule has 276 valence electrons. The third-order valence-electron chi connectivity index (χ3n) is 8.75. The molecule has 0 saturated heterocycles. The zero-order valence-corrected chi connectivity index (χ0v) is 31.5. The Hall–Kier alpha value is -2.36. The second-order valence-corrected chi connectivity index (χ2v) is 13.4. The molecule has 0 amide bonds. The highest BCUT2D eigenvalue weighted by atomic mass is 16.5. The number of carboxylic acid groups (broad SMARTS) is 1. The number of hydrogen-bond acceptors (Lipinski definition) is 3. The van der Waals surface area contributed by atoms with E-state index in [9.17, 15) is 9.59 Å². The molecule has 0 spiro atoms. The summed E-state index contributed by atoms with van der Waals surface area (Å²) in [7, 11) is 0. The van der Waals surface area contributed by atoms with E-state index < -0.39 is 5.97 Å². The van der Waals surface area contributed by atoms with Crippen molar-refractivity contribution in [2.75, 3.05) is 0 Å². The van der Waals surface area contributed by atoms with Crippen LogP contribution < -0.4 is 0 Å². The van der Waals surface area contributed by atoms with Crippen LogP contribution in [0, 0.1) is 0 Å². The van der Waals surface area contributed by atoms with Crippen molar-refractivity contribution in [3.8, 4) is 0 Å². The monoisotopic (exact) mass is 669 g/mol. The average Bonchev–Trinajstić information content (AvgIpc) is 3.07. The van der Waals surface area contributed by atoms with Gasteiger partial charge in [-0.05, 0) is 83.5 Å². The van der Waals surface area contributed by atoms with Gasteiger partial charge < -0.3 is 9.84 Å². The normalized spacial score (nSPS) is 12.9. The van der Waals surface area contributed by atoms with Crippen LogP contribution in [-0.4, -0.2) is 23.1 Å². The summed E-state index contributed by atoms with van der Waals surface area (Å²) >= 11 is 0. The van der Waals surface area contributed by atoms with Gasteiger partial charge in [-0.3, -0.25) is 9.59 Å². The molecule has 48 heavy (non-hydrogen) atoms. The molecule has 0 aromatic rings. The Balaban J connectivity index is 4.06. The summed E-state index contributed by atoms with van der Waals surface area (Å²) in [5.74, 6) is -0.681. The Morgan fingerprint density at radius 3 is 1.35 bits per heavy atom. The zero-order valence-electron chi connectivity index (χ0n) is 31.5. The summed E-state index contributed by atoms with van der Waals surface area (Å²) in [5, 5.41) is 8.73. The molecule has 1 atom stereocenters. The molecule has 4 nitrogen and oxygen atoms in total. The number of aliphatic carboxylic acids is 1. The smallest absolute Gasteiger partial charge is 0.306 e. The number of hydrogen-bond donors (Lipinski definition) is 1. The highest BCUT2D eigenvalue weighted by molar-refractivity contribution is 5.69. The van der Waals surface area contributed by atoms with Crippen LogP contribution in [0.25, 0.3) is 0 Å². The molecule has 4 heteroatoms. The summed E-state index contributed by atoms with van der Waals surface area (Å²) < 4.78 is 6.02. The van der Waals surface area contributed by atoms with Crippen LogP contribution in [0.3, 0.4) is 0 Å². The lowest BCUT2D eigenvalue weighted by Crippen LogP contribution is -2.18. The first kappa shape index (κ1) is 45.6. The lowest BCUT2D eigenvalue weighted by atomic mass is 10.0. The fraction of sp³-hybridized carbons (Fsp3) is 0.727. The minimum atomic E-state index is -0.681. The molecule has 0 aliphatic carbocycles. The fourth-order valence-electron chi connectivity index (χ4n) is 5.80. The third-order valence-corrected chi connectivity index (χ3v) is 8.75. The molecule has 0 aliphatic heterocycles. The van der Waals surface area contributed by atoms with Crippen molar-refractivity contribution >= 4 is 11.9 Å². The van der Waals surface area contributed by atoms with Gasteiger partial charge in [0, 0.05) is 12.8 Å². The summed E-state index contributed by atoms with van der Waals surface area (Å²) in [5.41, 5.74) is 0. The Kier molecular flexibility index (Phi) is 37.2. The van der Waals surface area contributed by atoms with Crippen molar-refractivity contribution in [2.24, 2.45) is 0 Å². The lowest BCUT2D eigenvalue weighted by Gasteiger charge is -2.18. The predicted molar refractivity (Wildman–Crippen MR) is 208 cm³/mol. The molecular weight excluding hydrogens is 592 g/mol. The van der Waals surface area contributed by atoms with Gasteiger partial charge >= 0.3 is 11.9 Å². The van der Waals surface area contributed by atoms with E-state index in [1.54, 1.807) is 0 Å². The fourth-order valence-corrected chi connectivity index (χ4v) is 5.80. The first-order valence-electron chi connectivity index (χ1n) is 20.3. The van der Waals surface area contributed by atoms with Gasteiger partial charge in [-0.2, -0.15) is 0 Å². The number of carbonyl (C=O) groups is 2. The first-order chi connectivity index (χ1) is 23.6. The Labute approximate surface area is 297 Å². The largest absolute Gasteiger partial charge is 0.481 e. The van der Waals surface area contributed by atoms with Gasteiger partial charge in [-0.15, -0.1) is 0 Å². The van der Waals surface area contributed by atoms with Gasteiger partial charge in [0.05, 0.1) is 0 Å². The number of esters is 1. The highest BCUT2D eigenvalue weighted by Gasteiger charge is 2.14. The van der Waals surface area contributed by atoms with Crippen LogP contribution in [0.2, 0.25) is 0 Å². The average molecular weight is 669 g/mol. The molecule has 1 N–H and O–H groups in total. The van der Waals surface area contributed by atoms with Gasteiger partial charge in [0.15, 0.2) is 0 Å². The summed E-state index contributed by atoms with van der Waals surface area (Å²) in [4.78, 5) is 23.3. The maximum Gasteiger partial charge on any atom is 0.306 e. The van der Waals surface area contributed by atoms with E-state index in [-0.39, 0.29) is 12.1 Å². The van der Waals surface area contributed by atoms with Crippen LogP contribution in [0.5, 0.6) is 0 Å². The molecule has 0 aliphatic rings. The molecular formula is C44H76O4. The maximum absolute atomic E-state index is 12.7. The molecule has 0 radical (unpaired) electrons. The summed E-state index contributed by atoms with van der Waals surface area (Å²) in [6.07, 6.45) is 53.9. The summed E-state index contributed by atoms with van der Waals surface area (Å²) in [6.45, 7) is 4.42. The van der Waals surface area contributed by atoms with E-state index >= 15 is 0 Å². The van der Waals surface area contributed by atoms with E-state index in [0.29, 0.717) is 12.8 Å². The number of rotatable bonds is 36. The van der Waals surface area contributed by atoms with Crippen LogP contribution in [0.15, 0.2) is 60.8 Å². The predicted octanol–water partition coefficient (Wildman–Crippen LogP) is 14.1. The second kappa shape index (κ2) is 39.1. The van der Waals surface area contributed by atoms with Crippen molar-refractivity contribution in [1.82, 2.24) is 0 Å². The van der Waals surface area contributed by atoms with Gasteiger partial charge in [-0.25, -0.2) is 0 Å². The number of unbranched alkanes of at least 4 members (excludes halogenated alkanes) is 17. The quantitative estimate of drug-likeness (QED) is 0.0410. The van der Waals surface area contributed by atoms with Crippen molar-refractivity contribution in [3.05, 3.63) is 60.8 Å². The molecule has 0 saturated carbocycles. The van der Waals surface area contributed by atoms with E-state index in [1.807, 2.05) is 0 Å². The number of allylic oxidation sites excluding steroid dienone is 10. The van der Waals surface area contributed by atoms with Crippen LogP contribution in [-0.2, 0) is 14.3 Å². The lowest BCUT2D eigenvalue weighted by molar-refractivity contribution is -0.150. The van der Waals surface area contributed by atoms with Gasteiger partial charge in [0.25, 0.3) is 0 Å². The molecule has 0 fully saturated rings. The minimum Gasteiger partial charge on any atom is -0.481 e. The second-order valence-electron chi connectivity index (χ2n) is 13.4. The van der Waals surface area contributed by atoms with Gasteiger partial charge in [0.2, 0.25) is 0 Å². The van der Waals surface area contributed by atoms with Crippen LogP contribution in [0.4, 0.5) is 0 Å². The van der Waals surface area contributed by atoms with Crippen molar-refractivity contribution < 1.29 is 19.4 Å². The molecule has 0 aromatic carbocycles. The standard InChI is InChI=1S/C44H76O4/c1-3-5-7-9-11-12-13-14-15-16-17-18-19-20-21-25-29-33-37-41-44(47)48-42(38-34-30-26-10-8-6-4-2)39-35-31-27-23-22-24-28-32-36-40-43(45)46/h5,7,11-12,14-15,17-18,20-21,42H,3-4,6,8-10,13,16,19,22-41H2,1-2H3,(H,45,46)/b7-5-,12-11-,15-14-,18-17-,21-20-. The molecule has 1 unspecified atom stereocenters. The van der Waals surface area contributed by atoms with Crippen molar-refractivity contribution in [1.29, 1.82) is 0 Å². The first-order valence-corrected chi connectivity index (χ1v) is 20.3. The van der Waals surface area contributed by atoms with Crippen molar-refractivity contribution in [3.63, 3.8) is 0 Å². The number of carbonyl (C=O) groups excluding carboxylic acids is 1. The Morgan fingerprint density at radius 2 is 0.875 bits per heavy atom. The van der Waals surface area contributed by atoms with E-state index in [0.717, 1.165) is 96.3 Å². The molecule has 0 rings (SSSR count).